The van der Waals surface area contributed by atoms with E-state index in [0.29, 0.717) is 11.2 Å². The third-order valence-corrected chi connectivity index (χ3v) is 3.38. The summed E-state index contributed by atoms with van der Waals surface area (Å²) in [5, 5.41) is 0. The summed E-state index contributed by atoms with van der Waals surface area (Å²) in [6, 6.07) is 0. The van der Waals surface area contributed by atoms with Crippen molar-refractivity contribution in [3.63, 3.8) is 0 Å². The van der Waals surface area contributed by atoms with Gasteiger partial charge in [-0.2, -0.15) is 0 Å². The molecule has 1 saturated carbocycles. The Labute approximate surface area is 65.8 Å². The van der Waals surface area contributed by atoms with Gasteiger partial charge in [0.25, 0.3) is 0 Å². The lowest BCUT2D eigenvalue weighted by atomic mass is 9.77. The van der Waals surface area contributed by atoms with Gasteiger partial charge in [0.05, 0.1) is 7.85 Å². The Morgan fingerprint density at radius 1 is 1.60 bits per heavy atom. The molecule has 0 aromatic carbocycles. The van der Waals surface area contributed by atoms with Crippen molar-refractivity contribution in [2.75, 3.05) is 0 Å². The zero-order chi connectivity index (χ0) is 7.78. The van der Waals surface area contributed by atoms with Crippen LogP contribution in [0.4, 0.5) is 0 Å². The molecule has 1 aliphatic rings. The lowest BCUT2D eigenvalue weighted by Crippen LogP contribution is -2.17. The SMILES string of the molecule is [B][C@H]1CC(C)C(C)(CC)C1. The van der Waals surface area contributed by atoms with Crippen LogP contribution in [0.25, 0.3) is 0 Å². The van der Waals surface area contributed by atoms with Crippen molar-refractivity contribution in [1.29, 1.82) is 0 Å². The molecular weight excluding hydrogens is 119 g/mol. The monoisotopic (exact) mass is 136 g/mol. The molecule has 0 spiro atoms. The minimum absolute atomic E-state index is 0.472. The molecular formula is C9H17B. The Kier molecular flexibility index (Phi) is 2.12. The van der Waals surface area contributed by atoms with E-state index in [1.54, 1.807) is 0 Å². The van der Waals surface area contributed by atoms with E-state index in [9.17, 15) is 0 Å². The molecule has 0 aliphatic heterocycles. The standard InChI is InChI=1S/C9H17B/c1-4-9(3)6-8(10)5-7(9)2/h7-8H,4-6H2,1-3H3/t7?,8-,9?/m0/s1. The van der Waals surface area contributed by atoms with Gasteiger partial charge < -0.3 is 0 Å². The van der Waals surface area contributed by atoms with Gasteiger partial charge in [-0.25, -0.2) is 0 Å². The summed E-state index contributed by atoms with van der Waals surface area (Å²) in [7, 11) is 5.88. The Bertz CT molecular complexity index is 122. The predicted octanol–water partition coefficient (Wildman–Crippen LogP) is 2.79. The maximum absolute atomic E-state index is 5.88. The average molecular weight is 136 g/mol. The van der Waals surface area contributed by atoms with E-state index in [4.69, 9.17) is 7.85 Å². The highest BCUT2D eigenvalue weighted by Gasteiger charge is 2.37. The lowest BCUT2D eigenvalue weighted by molar-refractivity contribution is 0.236. The van der Waals surface area contributed by atoms with Crippen LogP contribution in [0.3, 0.4) is 0 Å². The van der Waals surface area contributed by atoms with Crippen molar-refractivity contribution in [2.24, 2.45) is 11.3 Å². The fraction of sp³-hybridized carbons (Fsp3) is 1.00. The molecule has 3 atom stereocenters. The van der Waals surface area contributed by atoms with Crippen molar-refractivity contribution >= 4 is 7.85 Å². The normalized spacial score (nSPS) is 47.9. The van der Waals surface area contributed by atoms with Crippen molar-refractivity contribution in [2.45, 2.75) is 45.9 Å². The number of hydrogen-bond acceptors (Lipinski definition) is 0. The summed E-state index contributed by atoms with van der Waals surface area (Å²) < 4.78 is 0. The van der Waals surface area contributed by atoms with E-state index >= 15 is 0 Å². The summed E-state index contributed by atoms with van der Waals surface area (Å²) in [6.07, 6.45) is 3.73. The van der Waals surface area contributed by atoms with Crippen LogP contribution in [0.15, 0.2) is 0 Å². The molecule has 0 aromatic heterocycles. The van der Waals surface area contributed by atoms with Gasteiger partial charge >= 0.3 is 0 Å². The van der Waals surface area contributed by atoms with Gasteiger partial charge in [0.1, 0.15) is 0 Å². The molecule has 2 unspecified atom stereocenters. The molecule has 0 saturated heterocycles. The third kappa shape index (κ3) is 1.23. The third-order valence-electron chi connectivity index (χ3n) is 3.38. The first-order chi connectivity index (χ1) is 4.58. The van der Waals surface area contributed by atoms with E-state index in [1.807, 2.05) is 0 Å². The van der Waals surface area contributed by atoms with Crippen molar-refractivity contribution in [1.82, 2.24) is 0 Å². The number of hydrogen-bond donors (Lipinski definition) is 0. The quantitative estimate of drug-likeness (QED) is 0.486. The van der Waals surface area contributed by atoms with Gasteiger partial charge in [-0.05, 0) is 11.3 Å². The smallest absolute Gasteiger partial charge is 0.0699 e. The fourth-order valence-corrected chi connectivity index (χ4v) is 2.11. The van der Waals surface area contributed by atoms with Crippen LogP contribution >= 0.6 is 0 Å². The minimum Gasteiger partial charge on any atom is -0.0766 e. The first kappa shape index (κ1) is 8.16. The Morgan fingerprint density at radius 2 is 2.20 bits per heavy atom. The van der Waals surface area contributed by atoms with E-state index in [0.717, 1.165) is 5.92 Å². The van der Waals surface area contributed by atoms with E-state index in [1.165, 1.54) is 19.3 Å². The molecule has 0 heterocycles. The molecule has 0 nitrogen and oxygen atoms in total. The summed E-state index contributed by atoms with van der Waals surface area (Å²) in [4.78, 5) is 0. The number of rotatable bonds is 1. The maximum Gasteiger partial charge on any atom is 0.0699 e. The molecule has 0 aromatic rings. The van der Waals surface area contributed by atoms with Crippen molar-refractivity contribution < 1.29 is 0 Å². The van der Waals surface area contributed by atoms with Crippen LogP contribution in [0.2, 0.25) is 5.82 Å². The first-order valence-electron chi connectivity index (χ1n) is 4.34. The van der Waals surface area contributed by atoms with E-state index < -0.39 is 0 Å². The second-order valence-electron chi connectivity index (χ2n) is 4.11. The van der Waals surface area contributed by atoms with Gasteiger partial charge in [0, 0.05) is 0 Å². The van der Waals surface area contributed by atoms with Crippen LogP contribution < -0.4 is 0 Å². The topological polar surface area (TPSA) is 0 Å². The lowest BCUT2D eigenvalue weighted by Gasteiger charge is -2.27. The summed E-state index contributed by atoms with van der Waals surface area (Å²) >= 11 is 0. The minimum atomic E-state index is 0.472. The predicted molar refractivity (Wildman–Crippen MR) is 46.3 cm³/mol. The van der Waals surface area contributed by atoms with Crippen LogP contribution in [0.5, 0.6) is 0 Å². The first-order valence-corrected chi connectivity index (χ1v) is 4.34. The largest absolute Gasteiger partial charge is 0.0766 e. The van der Waals surface area contributed by atoms with Gasteiger partial charge in [-0.1, -0.05) is 45.9 Å². The Balaban J connectivity index is 2.61. The van der Waals surface area contributed by atoms with Gasteiger partial charge in [0.2, 0.25) is 0 Å². The molecule has 10 heavy (non-hydrogen) atoms. The molecule has 0 bridgehead atoms. The maximum atomic E-state index is 5.88. The van der Waals surface area contributed by atoms with Crippen LogP contribution in [0, 0.1) is 11.3 Å². The second kappa shape index (κ2) is 2.60. The molecule has 0 N–H and O–H groups in total. The summed E-state index contributed by atoms with van der Waals surface area (Å²) in [6.45, 7) is 6.97. The van der Waals surface area contributed by atoms with E-state index in [2.05, 4.69) is 20.8 Å². The molecule has 56 valence electrons. The molecule has 0 amide bonds. The Morgan fingerprint density at radius 3 is 2.40 bits per heavy atom. The van der Waals surface area contributed by atoms with Crippen molar-refractivity contribution in [3.8, 4) is 0 Å². The molecule has 1 heteroatoms. The zero-order valence-electron chi connectivity index (χ0n) is 7.35. The molecule has 1 fully saturated rings. The van der Waals surface area contributed by atoms with Crippen LogP contribution in [-0.2, 0) is 0 Å². The van der Waals surface area contributed by atoms with E-state index in [-0.39, 0.29) is 0 Å². The van der Waals surface area contributed by atoms with Crippen LogP contribution in [-0.4, -0.2) is 7.85 Å². The molecule has 1 aliphatic carbocycles. The highest BCUT2D eigenvalue weighted by atomic mass is 14.4. The second-order valence-corrected chi connectivity index (χ2v) is 4.11. The van der Waals surface area contributed by atoms with Gasteiger partial charge in [-0.3, -0.25) is 0 Å². The van der Waals surface area contributed by atoms with Crippen LogP contribution in [0.1, 0.15) is 40.0 Å². The summed E-state index contributed by atoms with van der Waals surface area (Å²) in [5.74, 6) is 1.30. The van der Waals surface area contributed by atoms with Gasteiger partial charge in [-0.15, -0.1) is 0 Å². The highest BCUT2D eigenvalue weighted by molar-refractivity contribution is 6.11. The highest BCUT2D eigenvalue weighted by Crippen LogP contribution is 2.49. The van der Waals surface area contributed by atoms with Gasteiger partial charge in [0.15, 0.2) is 0 Å². The molecule has 2 radical (unpaired) electrons. The Hall–Kier alpha value is 0.0649. The molecule has 1 rings (SSSR count). The van der Waals surface area contributed by atoms with Crippen molar-refractivity contribution in [3.05, 3.63) is 0 Å². The fourth-order valence-electron chi connectivity index (χ4n) is 2.11. The zero-order valence-corrected chi connectivity index (χ0v) is 7.35. The summed E-state index contributed by atoms with van der Waals surface area (Å²) in [5.41, 5.74) is 0.541. The average Bonchev–Trinajstić information content (AvgIpc) is 2.09.